The minimum absolute atomic E-state index is 0.234. The topological polar surface area (TPSA) is 41.9 Å². The van der Waals surface area contributed by atoms with Crippen LogP contribution in [-0.4, -0.2) is 54.6 Å². The molecule has 0 saturated carbocycles. The molecule has 3 rings (SSSR count). The van der Waals surface area contributed by atoms with E-state index >= 15 is 4.39 Å². The molecule has 6 heteroatoms. The van der Waals surface area contributed by atoms with Crippen LogP contribution in [0, 0.1) is 5.92 Å². The zero-order valence-corrected chi connectivity index (χ0v) is 16.9. The Hall–Kier alpha value is -1.21. The van der Waals surface area contributed by atoms with Crippen LogP contribution >= 0.6 is 0 Å². The monoisotopic (exact) mass is 375 g/mol. The molecule has 0 atom stereocenters. The van der Waals surface area contributed by atoms with Crippen LogP contribution in [0.25, 0.3) is 5.57 Å². The molecule has 2 aliphatic heterocycles. The molecule has 2 heterocycles. The first-order valence-corrected chi connectivity index (χ1v) is 9.86. The minimum atomic E-state index is -0.986. The van der Waals surface area contributed by atoms with E-state index in [-0.39, 0.29) is 12.3 Å². The van der Waals surface area contributed by atoms with E-state index in [1.54, 1.807) is 0 Å². The Balaban J connectivity index is 1.85. The molecule has 0 aliphatic carbocycles. The van der Waals surface area contributed by atoms with Crippen molar-refractivity contribution >= 4 is 12.7 Å². The molecule has 0 spiro atoms. The number of halogens is 1. The van der Waals surface area contributed by atoms with Crippen molar-refractivity contribution in [2.24, 2.45) is 5.92 Å². The molecule has 0 bridgehead atoms. The largest absolute Gasteiger partial charge is 0.525 e. The van der Waals surface area contributed by atoms with Gasteiger partial charge >= 0.3 is 7.12 Å². The van der Waals surface area contributed by atoms with Crippen molar-refractivity contribution in [1.82, 2.24) is 4.90 Å². The quantitative estimate of drug-likeness (QED) is 0.797. The van der Waals surface area contributed by atoms with E-state index in [1.165, 1.54) is 0 Å². The fraction of sp³-hybridized carbons (Fsp3) is 0.619. The zero-order valence-electron chi connectivity index (χ0n) is 16.9. The summed E-state index contributed by atoms with van der Waals surface area (Å²) in [6.45, 7) is 10.2. The SMILES string of the molecule is CC1(C)OB(C(F)=C(CN2CCC(CO)CC2)c2ccccc2)OC1(C)C. The third-order valence-corrected chi connectivity index (χ3v) is 6.22. The number of piperidine rings is 1. The van der Waals surface area contributed by atoms with Crippen molar-refractivity contribution in [3.8, 4) is 0 Å². The predicted octanol–water partition coefficient (Wildman–Crippen LogP) is 3.70. The second-order valence-electron chi connectivity index (χ2n) is 8.68. The second kappa shape index (κ2) is 8.04. The predicted molar refractivity (Wildman–Crippen MR) is 107 cm³/mol. The Morgan fingerprint density at radius 2 is 1.67 bits per heavy atom. The summed E-state index contributed by atoms with van der Waals surface area (Å²) in [7, 11) is -0.986. The molecular weight excluding hydrogens is 344 g/mol. The fourth-order valence-electron chi connectivity index (χ4n) is 3.58. The van der Waals surface area contributed by atoms with Gasteiger partial charge in [-0.15, -0.1) is 0 Å². The summed E-state index contributed by atoms with van der Waals surface area (Å²) in [5.74, 6) is 0.360. The third kappa shape index (κ3) is 4.45. The molecule has 1 aromatic carbocycles. The maximum atomic E-state index is 15.6. The molecule has 0 aromatic heterocycles. The number of benzene rings is 1. The molecule has 2 aliphatic rings. The lowest BCUT2D eigenvalue weighted by atomic mass is 9.82. The molecule has 2 fully saturated rings. The van der Waals surface area contributed by atoms with Gasteiger partial charge in [-0.3, -0.25) is 4.90 Å². The Bertz CT molecular complexity index is 653. The minimum Gasteiger partial charge on any atom is -0.398 e. The van der Waals surface area contributed by atoms with Gasteiger partial charge in [-0.25, -0.2) is 4.39 Å². The van der Waals surface area contributed by atoms with E-state index in [9.17, 15) is 5.11 Å². The number of hydrogen-bond donors (Lipinski definition) is 1. The summed E-state index contributed by atoms with van der Waals surface area (Å²) in [5, 5.41) is 9.35. The normalized spacial score (nSPS) is 24.1. The molecule has 1 aromatic rings. The van der Waals surface area contributed by atoms with Crippen LogP contribution in [0.1, 0.15) is 46.1 Å². The van der Waals surface area contributed by atoms with E-state index < -0.39 is 18.3 Å². The van der Waals surface area contributed by atoms with Gasteiger partial charge in [0.2, 0.25) is 0 Å². The van der Waals surface area contributed by atoms with Crippen LogP contribution in [0.5, 0.6) is 0 Å². The van der Waals surface area contributed by atoms with Crippen molar-refractivity contribution in [2.45, 2.75) is 51.7 Å². The van der Waals surface area contributed by atoms with Crippen molar-refractivity contribution < 1.29 is 18.8 Å². The van der Waals surface area contributed by atoms with Crippen molar-refractivity contribution in [1.29, 1.82) is 0 Å². The van der Waals surface area contributed by atoms with Crippen molar-refractivity contribution in [2.75, 3.05) is 26.2 Å². The van der Waals surface area contributed by atoms with E-state index in [0.29, 0.717) is 18.0 Å². The molecule has 27 heavy (non-hydrogen) atoms. The highest BCUT2D eigenvalue weighted by molar-refractivity contribution is 6.55. The summed E-state index contributed by atoms with van der Waals surface area (Å²) in [4.78, 5) is 2.25. The van der Waals surface area contributed by atoms with Crippen LogP contribution in [0.15, 0.2) is 36.1 Å². The summed E-state index contributed by atoms with van der Waals surface area (Å²) in [5.41, 5.74) is -0.0123. The number of hydrogen-bond acceptors (Lipinski definition) is 4. The summed E-state index contributed by atoms with van der Waals surface area (Å²) >= 11 is 0. The number of aliphatic hydroxyl groups excluding tert-OH is 1. The number of nitrogens with zero attached hydrogens (tertiary/aromatic N) is 1. The Morgan fingerprint density at radius 1 is 1.11 bits per heavy atom. The average Bonchev–Trinajstić information content (AvgIpc) is 2.88. The van der Waals surface area contributed by atoms with Crippen LogP contribution in [0.4, 0.5) is 4.39 Å². The van der Waals surface area contributed by atoms with Gasteiger partial charge in [0.1, 0.15) is 5.73 Å². The lowest BCUT2D eigenvalue weighted by molar-refractivity contribution is 0.00578. The highest BCUT2D eigenvalue weighted by atomic mass is 19.1. The number of aliphatic hydroxyl groups is 1. The van der Waals surface area contributed by atoms with Crippen LogP contribution in [-0.2, 0) is 9.31 Å². The van der Waals surface area contributed by atoms with E-state index in [0.717, 1.165) is 31.5 Å². The van der Waals surface area contributed by atoms with Gasteiger partial charge in [-0.05, 0) is 65.1 Å². The fourth-order valence-corrected chi connectivity index (χ4v) is 3.58. The lowest BCUT2D eigenvalue weighted by Gasteiger charge is -2.32. The summed E-state index contributed by atoms with van der Waals surface area (Å²) < 4.78 is 27.5. The maximum absolute atomic E-state index is 15.6. The van der Waals surface area contributed by atoms with Gasteiger partial charge in [0.15, 0.2) is 0 Å². The molecule has 0 unspecified atom stereocenters. The summed E-state index contributed by atoms with van der Waals surface area (Å²) in [6.07, 6.45) is 1.88. The van der Waals surface area contributed by atoms with Gasteiger partial charge in [0.05, 0.1) is 11.2 Å². The average molecular weight is 375 g/mol. The first-order chi connectivity index (χ1) is 12.7. The van der Waals surface area contributed by atoms with Crippen LogP contribution in [0.3, 0.4) is 0 Å². The second-order valence-corrected chi connectivity index (χ2v) is 8.68. The zero-order chi connectivity index (χ0) is 19.7. The molecule has 2 saturated heterocycles. The molecule has 1 N–H and O–H groups in total. The van der Waals surface area contributed by atoms with Gasteiger partial charge in [-0.1, -0.05) is 30.3 Å². The van der Waals surface area contributed by atoms with Gasteiger partial charge in [0.25, 0.3) is 0 Å². The van der Waals surface area contributed by atoms with Gasteiger partial charge in [-0.2, -0.15) is 0 Å². The smallest absolute Gasteiger partial charge is 0.398 e. The Kier molecular flexibility index (Phi) is 6.11. The summed E-state index contributed by atoms with van der Waals surface area (Å²) in [6, 6.07) is 9.64. The molecule has 148 valence electrons. The number of likely N-dealkylation sites (tertiary alicyclic amines) is 1. The number of rotatable bonds is 5. The Labute approximate surface area is 162 Å². The van der Waals surface area contributed by atoms with E-state index in [1.807, 2.05) is 58.0 Å². The maximum Gasteiger partial charge on any atom is 0.525 e. The van der Waals surface area contributed by atoms with Crippen LogP contribution < -0.4 is 0 Å². The standard InChI is InChI=1S/C21H31BFNO3/c1-20(2)21(3,4)27-22(26-20)19(23)18(17-8-6-5-7-9-17)14-24-12-10-16(15-25)11-13-24/h5-9,16,25H,10-15H2,1-4H3. The van der Waals surface area contributed by atoms with Gasteiger partial charge in [0, 0.05) is 18.7 Å². The molecule has 4 nitrogen and oxygen atoms in total. The first-order valence-electron chi connectivity index (χ1n) is 9.86. The molecule has 0 amide bonds. The highest BCUT2D eigenvalue weighted by Gasteiger charge is 2.53. The highest BCUT2D eigenvalue weighted by Crippen LogP contribution is 2.40. The van der Waals surface area contributed by atoms with E-state index in [2.05, 4.69) is 4.90 Å². The van der Waals surface area contributed by atoms with E-state index in [4.69, 9.17) is 9.31 Å². The van der Waals surface area contributed by atoms with Crippen molar-refractivity contribution in [3.63, 3.8) is 0 Å². The van der Waals surface area contributed by atoms with Crippen LogP contribution in [0.2, 0.25) is 0 Å². The Morgan fingerprint density at radius 3 is 2.19 bits per heavy atom. The molecular formula is C21H31BFNO3. The van der Waals surface area contributed by atoms with Crippen molar-refractivity contribution in [3.05, 3.63) is 41.6 Å². The first kappa shape index (κ1) is 20.5. The molecule has 0 radical (unpaired) electrons. The van der Waals surface area contributed by atoms with Gasteiger partial charge < -0.3 is 14.4 Å². The third-order valence-electron chi connectivity index (χ3n) is 6.22. The lowest BCUT2D eigenvalue weighted by Crippen LogP contribution is -2.41.